The molecule has 5 nitrogen and oxygen atoms in total. The van der Waals surface area contributed by atoms with Gasteiger partial charge < -0.3 is 20.1 Å². The van der Waals surface area contributed by atoms with Crippen molar-refractivity contribution in [1.29, 1.82) is 0 Å². The first-order chi connectivity index (χ1) is 12.2. The Hall–Kier alpha value is -2.25. The zero-order valence-electron chi connectivity index (χ0n) is 14.1. The highest BCUT2D eigenvalue weighted by molar-refractivity contribution is 7.80. The predicted octanol–water partition coefficient (Wildman–Crippen LogP) is 3.40. The molecule has 0 unspecified atom stereocenters. The van der Waals surface area contributed by atoms with Crippen molar-refractivity contribution in [3.63, 3.8) is 0 Å². The number of rotatable bonds is 9. The Bertz CT molecular complexity index is 685. The summed E-state index contributed by atoms with van der Waals surface area (Å²) < 4.78 is 24.2. The highest BCUT2D eigenvalue weighted by Crippen LogP contribution is 2.23. The van der Waals surface area contributed by atoms with Crippen molar-refractivity contribution in [1.82, 2.24) is 15.6 Å². The van der Waals surface area contributed by atoms with Gasteiger partial charge in [0.15, 0.2) is 5.11 Å². The van der Waals surface area contributed by atoms with Crippen LogP contribution in [0, 0.1) is 5.82 Å². The fraction of sp³-hybridized carbons (Fsp3) is 0.333. The van der Waals surface area contributed by atoms with Gasteiger partial charge in [-0.3, -0.25) is 0 Å². The van der Waals surface area contributed by atoms with Gasteiger partial charge in [-0.15, -0.1) is 0 Å². The summed E-state index contributed by atoms with van der Waals surface area (Å²) in [6.45, 7) is 4.59. The molecule has 0 amide bonds. The van der Waals surface area contributed by atoms with Crippen LogP contribution in [-0.2, 0) is 11.3 Å². The molecule has 0 radical (unpaired) electrons. The minimum absolute atomic E-state index is 0.356. The predicted molar refractivity (Wildman–Crippen MR) is 99.3 cm³/mol. The first-order valence-electron chi connectivity index (χ1n) is 8.15. The van der Waals surface area contributed by atoms with E-state index in [9.17, 15) is 4.39 Å². The van der Waals surface area contributed by atoms with Crippen LogP contribution >= 0.6 is 12.2 Å². The van der Waals surface area contributed by atoms with Crippen LogP contribution in [0.3, 0.4) is 0 Å². The van der Waals surface area contributed by atoms with Gasteiger partial charge in [0.25, 0.3) is 0 Å². The summed E-state index contributed by atoms with van der Waals surface area (Å²) in [5.41, 5.74) is 0.824. The average Bonchev–Trinajstić information content (AvgIpc) is 2.61. The molecule has 0 aliphatic heterocycles. The molecule has 0 aliphatic carbocycles. The lowest BCUT2D eigenvalue weighted by Crippen LogP contribution is -2.35. The van der Waals surface area contributed by atoms with Gasteiger partial charge in [-0.25, -0.2) is 9.37 Å². The molecule has 0 saturated carbocycles. The number of hydrogen-bond acceptors (Lipinski definition) is 4. The maximum Gasteiger partial charge on any atom is 0.224 e. The summed E-state index contributed by atoms with van der Waals surface area (Å²) in [6.07, 6.45) is 2.51. The standard InChI is InChI=1S/C18H22FN3O2S/c1-2-23-11-5-10-21-18(25)22-13-14-6-4-9-20-17(14)24-16-8-3-7-15(19)12-16/h3-4,6-9,12H,2,5,10-11,13H2,1H3,(H2,21,22,25). The van der Waals surface area contributed by atoms with Gasteiger partial charge >= 0.3 is 0 Å². The van der Waals surface area contributed by atoms with Crippen LogP contribution in [-0.4, -0.2) is 29.9 Å². The van der Waals surface area contributed by atoms with Crippen LogP contribution in [0.4, 0.5) is 4.39 Å². The van der Waals surface area contributed by atoms with E-state index >= 15 is 0 Å². The third-order valence-corrected chi connectivity index (χ3v) is 3.54. The maximum atomic E-state index is 13.3. The van der Waals surface area contributed by atoms with Crippen molar-refractivity contribution in [2.24, 2.45) is 0 Å². The molecule has 2 rings (SSSR count). The Morgan fingerprint density at radius 2 is 2.12 bits per heavy atom. The minimum Gasteiger partial charge on any atom is -0.439 e. The molecule has 2 aromatic rings. The molecule has 0 atom stereocenters. The molecule has 1 aromatic heterocycles. The SMILES string of the molecule is CCOCCCNC(=S)NCc1cccnc1Oc1cccc(F)c1. The van der Waals surface area contributed by atoms with Crippen LogP contribution in [0.5, 0.6) is 11.6 Å². The van der Waals surface area contributed by atoms with Crippen molar-refractivity contribution in [2.75, 3.05) is 19.8 Å². The summed E-state index contributed by atoms with van der Waals surface area (Å²) in [6, 6.07) is 9.65. The van der Waals surface area contributed by atoms with Gasteiger partial charge in [0, 0.05) is 44.1 Å². The molecular formula is C18H22FN3O2S. The Balaban J connectivity index is 1.85. The minimum atomic E-state index is -0.356. The number of thiocarbonyl (C=S) groups is 1. The van der Waals surface area contributed by atoms with E-state index in [-0.39, 0.29) is 5.82 Å². The summed E-state index contributed by atoms with van der Waals surface area (Å²) >= 11 is 5.25. The van der Waals surface area contributed by atoms with E-state index in [2.05, 4.69) is 15.6 Å². The zero-order chi connectivity index (χ0) is 17.9. The van der Waals surface area contributed by atoms with Gasteiger partial charge in [0.1, 0.15) is 11.6 Å². The Morgan fingerprint density at radius 3 is 2.92 bits per heavy atom. The largest absolute Gasteiger partial charge is 0.439 e. The van der Waals surface area contributed by atoms with Crippen molar-refractivity contribution in [3.8, 4) is 11.6 Å². The quantitative estimate of drug-likeness (QED) is 0.526. The van der Waals surface area contributed by atoms with Gasteiger partial charge in [-0.05, 0) is 43.8 Å². The molecule has 0 saturated heterocycles. The smallest absolute Gasteiger partial charge is 0.224 e. The Morgan fingerprint density at radius 1 is 1.24 bits per heavy atom. The molecule has 0 fully saturated rings. The third kappa shape index (κ3) is 7.03. The van der Waals surface area contributed by atoms with E-state index in [1.54, 1.807) is 18.3 Å². The highest BCUT2D eigenvalue weighted by Gasteiger charge is 2.07. The van der Waals surface area contributed by atoms with E-state index in [0.29, 0.717) is 29.9 Å². The summed E-state index contributed by atoms with van der Waals surface area (Å²) in [5, 5.41) is 6.78. The fourth-order valence-corrected chi connectivity index (χ4v) is 2.23. The average molecular weight is 363 g/mol. The number of hydrogen-bond donors (Lipinski definition) is 2. The van der Waals surface area contributed by atoms with E-state index in [0.717, 1.165) is 25.1 Å². The van der Waals surface area contributed by atoms with Crippen LogP contribution in [0.25, 0.3) is 0 Å². The fourth-order valence-electron chi connectivity index (χ4n) is 2.05. The zero-order valence-corrected chi connectivity index (χ0v) is 14.9. The normalized spacial score (nSPS) is 10.3. The van der Waals surface area contributed by atoms with E-state index in [4.69, 9.17) is 21.7 Å². The molecule has 0 spiro atoms. The second kappa shape index (κ2) is 10.6. The van der Waals surface area contributed by atoms with E-state index in [1.165, 1.54) is 12.1 Å². The van der Waals surface area contributed by atoms with E-state index in [1.807, 2.05) is 19.1 Å². The molecule has 25 heavy (non-hydrogen) atoms. The van der Waals surface area contributed by atoms with Crippen molar-refractivity contribution >= 4 is 17.3 Å². The number of benzene rings is 1. The second-order valence-electron chi connectivity index (χ2n) is 5.19. The van der Waals surface area contributed by atoms with Crippen LogP contribution in [0.2, 0.25) is 0 Å². The topological polar surface area (TPSA) is 55.4 Å². The number of ether oxygens (including phenoxy) is 2. The molecule has 1 heterocycles. The molecule has 0 aliphatic rings. The molecule has 7 heteroatoms. The number of nitrogens with zero attached hydrogens (tertiary/aromatic N) is 1. The van der Waals surface area contributed by atoms with Crippen molar-refractivity contribution in [2.45, 2.75) is 19.9 Å². The number of aromatic nitrogens is 1. The number of nitrogens with one attached hydrogen (secondary N) is 2. The summed E-state index contributed by atoms with van der Waals surface area (Å²) in [4.78, 5) is 4.21. The summed E-state index contributed by atoms with van der Waals surface area (Å²) in [5.74, 6) is 0.460. The third-order valence-electron chi connectivity index (χ3n) is 3.26. The Labute approximate surface area is 152 Å². The van der Waals surface area contributed by atoms with Crippen molar-refractivity contribution in [3.05, 3.63) is 54.0 Å². The molecule has 2 N–H and O–H groups in total. The first-order valence-corrected chi connectivity index (χ1v) is 8.56. The number of pyridine rings is 1. The highest BCUT2D eigenvalue weighted by atomic mass is 32.1. The maximum absolute atomic E-state index is 13.3. The summed E-state index contributed by atoms with van der Waals surface area (Å²) in [7, 11) is 0. The lowest BCUT2D eigenvalue weighted by molar-refractivity contribution is 0.145. The van der Waals surface area contributed by atoms with Gasteiger partial charge in [0.05, 0.1) is 0 Å². The lowest BCUT2D eigenvalue weighted by atomic mass is 10.2. The monoisotopic (exact) mass is 363 g/mol. The van der Waals surface area contributed by atoms with Gasteiger partial charge in [-0.2, -0.15) is 0 Å². The molecular weight excluding hydrogens is 341 g/mol. The van der Waals surface area contributed by atoms with Crippen LogP contribution < -0.4 is 15.4 Å². The number of halogens is 1. The Kier molecular flexibility index (Phi) is 8.08. The second-order valence-corrected chi connectivity index (χ2v) is 5.60. The van der Waals surface area contributed by atoms with Gasteiger partial charge in [0.2, 0.25) is 5.88 Å². The van der Waals surface area contributed by atoms with Crippen molar-refractivity contribution < 1.29 is 13.9 Å². The van der Waals surface area contributed by atoms with Crippen LogP contribution in [0.1, 0.15) is 18.9 Å². The van der Waals surface area contributed by atoms with Gasteiger partial charge in [-0.1, -0.05) is 12.1 Å². The molecule has 0 bridgehead atoms. The lowest BCUT2D eigenvalue weighted by Gasteiger charge is -2.13. The molecule has 1 aromatic carbocycles. The molecule has 134 valence electrons. The van der Waals surface area contributed by atoms with Crippen LogP contribution in [0.15, 0.2) is 42.6 Å². The van der Waals surface area contributed by atoms with E-state index < -0.39 is 0 Å². The first kappa shape index (κ1) is 19.1.